The molecule has 0 aliphatic heterocycles. The molecule has 4 nitrogen and oxygen atoms in total. The van der Waals surface area contributed by atoms with Crippen molar-refractivity contribution in [3.63, 3.8) is 0 Å². The lowest BCUT2D eigenvalue weighted by Crippen LogP contribution is -2.30. The van der Waals surface area contributed by atoms with E-state index >= 15 is 0 Å². The van der Waals surface area contributed by atoms with Gasteiger partial charge in [-0.15, -0.1) is 0 Å². The predicted molar refractivity (Wildman–Crippen MR) is 51.5 cm³/mol. The number of aryl methyl sites for hydroxylation is 1. The lowest BCUT2D eigenvalue weighted by Gasteiger charge is -2.17. The number of esters is 1. The highest BCUT2D eigenvalue weighted by Crippen LogP contribution is 2.27. The van der Waals surface area contributed by atoms with Crippen molar-refractivity contribution in [2.45, 2.75) is 19.8 Å². The van der Waals surface area contributed by atoms with Crippen LogP contribution in [-0.4, -0.2) is 18.4 Å². The van der Waals surface area contributed by atoms with Crippen molar-refractivity contribution in [2.75, 3.05) is 6.61 Å². The molecule has 0 N–H and O–H groups in total. The van der Waals surface area contributed by atoms with Crippen LogP contribution in [0.5, 0.6) is 0 Å². The van der Waals surface area contributed by atoms with Crippen LogP contribution in [0.15, 0.2) is 16.7 Å². The van der Waals surface area contributed by atoms with Crippen molar-refractivity contribution in [3.05, 3.63) is 23.7 Å². The van der Waals surface area contributed by atoms with Gasteiger partial charge in [-0.05, 0) is 25.8 Å². The Hall–Kier alpha value is -1.58. The van der Waals surface area contributed by atoms with Crippen molar-refractivity contribution >= 4 is 11.8 Å². The molecule has 4 heteroatoms. The third-order valence-electron chi connectivity index (χ3n) is 2.56. The maximum absolute atomic E-state index is 11.8. The predicted octanol–water partition coefficient (Wildman–Crippen LogP) is 1.59. The van der Waals surface area contributed by atoms with Crippen LogP contribution in [0.2, 0.25) is 0 Å². The van der Waals surface area contributed by atoms with E-state index < -0.39 is 11.9 Å². The van der Waals surface area contributed by atoms with Gasteiger partial charge in [-0.1, -0.05) is 0 Å². The van der Waals surface area contributed by atoms with Crippen LogP contribution in [0, 0.1) is 5.92 Å². The Labute approximate surface area is 87.2 Å². The fourth-order valence-electron chi connectivity index (χ4n) is 1.81. The third-order valence-corrected chi connectivity index (χ3v) is 2.56. The zero-order chi connectivity index (χ0) is 10.8. The number of ketones is 1. The molecule has 0 saturated carbocycles. The van der Waals surface area contributed by atoms with Gasteiger partial charge in [0.25, 0.3) is 0 Å². The van der Waals surface area contributed by atoms with Gasteiger partial charge in [-0.3, -0.25) is 9.59 Å². The standard InChI is InChI=1S/C11H12O4/c1-2-14-11(13)8-4-3-7-5-6-15-10(7)9(8)12/h5-6,8H,2-4H2,1H3. The highest BCUT2D eigenvalue weighted by atomic mass is 16.5. The van der Waals surface area contributed by atoms with Gasteiger partial charge in [-0.2, -0.15) is 0 Å². The summed E-state index contributed by atoms with van der Waals surface area (Å²) < 4.78 is 9.91. The molecule has 2 rings (SSSR count). The average molecular weight is 208 g/mol. The van der Waals surface area contributed by atoms with Crippen LogP contribution in [0.25, 0.3) is 0 Å². The Morgan fingerprint density at radius 1 is 1.67 bits per heavy atom. The Morgan fingerprint density at radius 3 is 3.20 bits per heavy atom. The molecular weight excluding hydrogens is 196 g/mol. The number of hydrogen-bond donors (Lipinski definition) is 0. The summed E-state index contributed by atoms with van der Waals surface area (Å²) in [6.45, 7) is 2.02. The maximum Gasteiger partial charge on any atom is 0.316 e. The summed E-state index contributed by atoms with van der Waals surface area (Å²) >= 11 is 0. The quantitative estimate of drug-likeness (QED) is 0.547. The van der Waals surface area contributed by atoms with Gasteiger partial charge in [0.2, 0.25) is 5.78 Å². The van der Waals surface area contributed by atoms with Crippen LogP contribution in [0.3, 0.4) is 0 Å². The fraction of sp³-hybridized carbons (Fsp3) is 0.455. The zero-order valence-corrected chi connectivity index (χ0v) is 8.49. The molecule has 0 aromatic carbocycles. The summed E-state index contributed by atoms with van der Waals surface area (Å²) in [5.41, 5.74) is 0.889. The number of furan rings is 1. The van der Waals surface area contributed by atoms with E-state index in [0.29, 0.717) is 25.2 Å². The van der Waals surface area contributed by atoms with Crippen molar-refractivity contribution in [3.8, 4) is 0 Å². The molecular formula is C11H12O4. The van der Waals surface area contributed by atoms with Crippen LogP contribution in [0.1, 0.15) is 29.5 Å². The highest BCUT2D eigenvalue weighted by Gasteiger charge is 2.35. The molecule has 0 spiro atoms. The van der Waals surface area contributed by atoms with Crippen molar-refractivity contribution in [2.24, 2.45) is 5.92 Å². The second-order valence-electron chi connectivity index (χ2n) is 3.48. The number of ether oxygens (including phenoxy) is 1. The average Bonchev–Trinajstić information content (AvgIpc) is 2.67. The summed E-state index contributed by atoms with van der Waals surface area (Å²) in [4.78, 5) is 23.3. The van der Waals surface area contributed by atoms with Gasteiger partial charge in [-0.25, -0.2) is 0 Å². The summed E-state index contributed by atoms with van der Waals surface area (Å²) in [5.74, 6) is -1.05. The van der Waals surface area contributed by atoms with E-state index in [1.807, 2.05) is 0 Å². The number of fused-ring (bicyclic) bond motifs is 1. The minimum atomic E-state index is -0.677. The number of rotatable bonds is 2. The van der Waals surface area contributed by atoms with Gasteiger partial charge in [0, 0.05) is 5.56 Å². The first kappa shape index (κ1) is 9.96. The molecule has 1 unspecified atom stereocenters. The number of carbonyl (C=O) groups is 2. The SMILES string of the molecule is CCOC(=O)C1CCc2ccoc2C1=O. The van der Waals surface area contributed by atoms with Crippen LogP contribution in [0.4, 0.5) is 0 Å². The van der Waals surface area contributed by atoms with Gasteiger partial charge < -0.3 is 9.15 Å². The number of hydrogen-bond acceptors (Lipinski definition) is 4. The fourth-order valence-corrected chi connectivity index (χ4v) is 1.81. The summed E-state index contributed by atoms with van der Waals surface area (Å²) in [5, 5.41) is 0. The largest absolute Gasteiger partial charge is 0.465 e. The number of Topliss-reactive ketones (excluding diaryl/α,β-unsaturated/α-hetero) is 1. The Balaban J connectivity index is 2.20. The van der Waals surface area contributed by atoms with E-state index in [0.717, 1.165) is 5.56 Å². The number of carbonyl (C=O) groups excluding carboxylic acids is 2. The van der Waals surface area contributed by atoms with Gasteiger partial charge in [0.1, 0.15) is 5.92 Å². The van der Waals surface area contributed by atoms with E-state index in [9.17, 15) is 9.59 Å². The molecule has 1 aromatic heterocycles. The van der Waals surface area contributed by atoms with E-state index in [1.54, 1.807) is 13.0 Å². The highest BCUT2D eigenvalue weighted by molar-refractivity contribution is 6.08. The molecule has 0 amide bonds. The van der Waals surface area contributed by atoms with Crippen molar-refractivity contribution in [1.29, 1.82) is 0 Å². The molecule has 1 aliphatic rings. The van der Waals surface area contributed by atoms with Crippen molar-refractivity contribution < 1.29 is 18.7 Å². The molecule has 0 fully saturated rings. The molecule has 15 heavy (non-hydrogen) atoms. The second-order valence-corrected chi connectivity index (χ2v) is 3.48. The topological polar surface area (TPSA) is 56.5 Å². The zero-order valence-electron chi connectivity index (χ0n) is 8.49. The first-order valence-electron chi connectivity index (χ1n) is 5.01. The Kier molecular flexibility index (Phi) is 2.58. The first-order chi connectivity index (χ1) is 7.24. The van der Waals surface area contributed by atoms with Gasteiger partial charge >= 0.3 is 5.97 Å². The molecule has 1 aromatic rings. The monoisotopic (exact) mass is 208 g/mol. The van der Waals surface area contributed by atoms with Crippen LogP contribution in [-0.2, 0) is 16.0 Å². The molecule has 1 aliphatic carbocycles. The normalized spacial score (nSPS) is 19.8. The minimum Gasteiger partial charge on any atom is -0.465 e. The minimum absolute atomic E-state index is 0.250. The molecule has 0 saturated heterocycles. The van der Waals surface area contributed by atoms with E-state index in [1.165, 1.54) is 6.26 Å². The Bertz CT molecular complexity index is 391. The maximum atomic E-state index is 11.8. The van der Waals surface area contributed by atoms with Gasteiger partial charge in [0.05, 0.1) is 12.9 Å². The van der Waals surface area contributed by atoms with Crippen LogP contribution >= 0.6 is 0 Å². The smallest absolute Gasteiger partial charge is 0.316 e. The van der Waals surface area contributed by atoms with E-state index in [4.69, 9.17) is 9.15 Å². The summed E-state index contributed by atoms with van der Waals surface area (Å²) in [6.07, 6.45) is 2.70. The molecule has 0 bridgehead atoms. The second kappa shape index (κ2) is 3.88. The summed E-state index contributed by atoms with van der Waals surface area (Å²) in [6, 6.07) is 1.77. The van der Waals surface area contributed by atoms with E-state index in [2.05, 4.69) is 0 Å². The van der Waals surface area contributed by atoms with Crippen LogP contribution < -0.4 is 0 Å². The Morgan fingerprint density at radius 2 is 2.47 bits per heavy atom. The first-order valence-corrected chi connectivity index (χ1v) is 5.01. The molecule has 1 heterocycles. The summed E-state index contributed by atoms with van der Waals surface area (Å²) in [7, 11) is 0. The molecule has 1 atom stereocenters. The molecule has 80 valence electrons. The van der Waals surface area contributed by atoms with Crippen molar-refractivity contribution in [1.82, 2.24) is 0 Å². The third kappa shape index (κ3) is 1.67. The van der Waals surface area contributed by atoms with Gasteiger partial charge in [0.15, 0.2) is 5.76 Å². The lowest BCUT2D eigenvalue weighted by atomic mass is 9.87. The van der Waals surface area contributed by atoms with E-state index in [-0.39, 0.29) is 5.78 Å². The lowest BCUT2D eigenvalue weighted by molar-refractivity contribution is -0.146. The molecule has 0 radical (unpaired) electrons.